The van der Waals surface area contributed by atoms with Gasteiger partial charge in [-0.3, -0.25) is 4.79 Å². The average Bonchev–Trinajstić information content (AvgIpc) is 3.38. The van der Waals surface area contributed by atoms with Crippen LogP contribution in [0.1, 0.15) is 43.1 Å². The van der Waals surface area contributed by atoms with Crippen molar-refractivity contribution in [3.63, 3.8) is 0 Å². The highest BCUT2D eigenvalue weighted by Crippen LogP contribution is 2.28. The van der Waals surface area contributed by atoms with E-state index in [9.17, 15) is 4.79 Å². The van der Waals surface area contributed by atoms with Gasteiger partial charge in [0.15, 0.2) is 5.82 Å². The number of carbonyl (C=O) groups is 1. The van der Waals surface area contributed by atoms with Crippen LogP contribution in [0.2, 0.25) is 0 Å². The highest BCUT2D eigenvalue weighted by molar-refractivity contribution is 7.13. The van der Waals surface area contributed by atoms with E-state index in [1.807, 2.05) is 48.4 Å². The summed E-state index contributed by atoms with van der Waals surface area (Å²) in [4.78, 5) is 23.7. The molecule has 0 bridgehead atoms. The summed E-state index contributed by atoms with van der Waals surface area (Å²) in [7, 11) is 0. The van der Waals surface area contributed by atoms with Gasteiger partial charge in [-0.1, -0.05) is 5.16 Å². The van der Waals surface area contributed by atoms with E-state index in [0.717, 1.165) is 41.4 Å². The van der Waals surface area contributed by atoms with Gasteiger partial charge in [0.05, 0.1) is 24.6 Å². The molecule has 3 heterocycles. The van der Waals surface area contributed by atoms with E-state index in [2.05, 4.69) is 15.1 Å². The van der Waals surface area contributed by atoms with Gasteiger partial charge in [-0.25, -0.2) is 4.98 Å². The van der Waals surface area contributed by atoms with Gasteiger partial charge in [-0.15, -0.1) is 11.3 Å². The maximum Gasteiger partial charge on any atom is 0.231 e. The molecule has 7 nitrogen and oxygen atoms in total. The van der Waals surface area contributed by atoms with Crippen LogP contribution in [0.4, 0.5) is 0 Å². The Kier molecular flexibility index (Phi) is 5.89. The van der Waals surface area contributed by atoms with E-state index < -0.39 is 0 Å². The molecule has 1 aromatic carbocycles. The van der Waals surface area contributed by atoms with Crippen molar-refractivity contribution in [3.8, 4) is 16.3 Å². The summed E-state index contributed by atoms with van der Waals surface area (Å²) in [6, 6.07) is 7.88. The molecule has 0 aliphatic carbocycles. The molecule has 152 valence electrons. The van der Waals surface area contributed by atoms with Gasteiger partial charge in [-0.05, 0) is 51.0 Å². The van der Waals surface area contributed by atoms with Crippen molar-refractivity contribution in [2.45, 2.75) is 39.0 Å². The van der Waals surface area contributed by atoms with Crippen LogP contribution in [0.3, 0.4) is 0 Å². The zero-order valence-electron chi connectivity index (χ0n) is 16.6. The summed E-state index contributed by atoms with van der Waals surface area (Å²) in [5.41, 5.74) is 1.83. The molecule has 0 spiro atoms. The number of amides is 1. The Morgan fingerprint density at radius 1 is 1.31 bits per heavy atom. The lowest BCUT2D eigenvalue weighted by Gasteiger charge is -2.30. The topological polar surface area (TPSA) is 81.4 Å². The Hall–Kier alpha value is -2.74. The molecule has 1 aliphatic rings. The van der Waals surface area contributed by atoms with Gasteiger partial charge in [0.25, 0.3) is 0 Å². The lowest BCUT2D eigenvalue weighted by atomic mass is 9.97. The lowest BCUT2D eigenvalue weighted by Crippen LogP contribution is -2.40. The van der Waals surface area contributed by atoms with Crippen molar-refractivity contribution in [1.82, 2.24) is 20.0 Å². The second-order valence-corrected chi connectivity index (χ2v) is 8.00. The summed E-state index contributed by atoms with van der Waals surface area (Å²) < 4.78 is 10.8. The minimum absolute atomic E-state index is 0.0921. The number of likely N-dealkylation sites (tertiary alicyclic amines) is 1. The lowest BCUT2D eigenvalue weighted by molar-refractivity contribution is -0.131. The first-order valence-electron chi connectivity index (χ1n) is 9.88. The average molecular weight is 413 g/mol. The first kappa shape index (κ1) is 19.6. The molecule has 0 N–H and O–H groups in total. The predicted octanol–water partition coefficient (Wildman–Crippen LogP) is 3.85. The second-order valence-electron chi connectivity index (χ2n) is 7.14. The SMILES string of the molecule is CCOc1ccc(-c2nc(CC(=O)N3CCCC(c4nc(C)no4)C3)cs2)cc1. The molecule has 1 fully saturated rings. The fourth-order valence-corrected chi connectivity index (χ4v) is 4.36. The molecule has 1 atom stereocenters. The number of ether oxygens (including phenoxy) is 1. The molecule has 3 aromatic rings. The van der Waals surface area contributed by atoms with Crippen LogP contribution >= 0.6 is 11.3 Å². The summed E-state index contributed by atoms with van der Waals surface area (Å²) in [6.07, 6.45) is 2.21. The number of hydrogen-bond donors (Lipinski definition) is 0. The molecule has 8 heteroatoms. The number of aromatic nitrogens is 3. The molecule has 1 amide bonds. The van der Waals surface area contributed by atoms with Gasteiger partial charge < -0.3 is 14.2 Å². The number of piperidine rings is 1. The maximum atomic E-state index is 12.8. The first-order valence-corrected chi connectivity index (χ1v) is 10.8. The van der Waals surface area contributed by atoms with Crippen LogP contribution in [-0.2, 0) is 11.2 Å². The van der Waals surface area contributed by atoms with Crippen LogP contribution in [0, 0.1) is 6.92 Å². The monoisotopic (exact) mass is 412 g/mol. The minimum Gasteiger partial charge on any atom is -0.494 e. The minimum atomic E-state index is 0.0921. The molecular formula is C21H24N4O3S. The molecule has 1 unspecified atom stereocenters. The Labute approximate surface area is 173 Å². The molecule has 1 aliphatic heterocycles. The second kappa shape index (κ2) is 8.73. The van der Waals surface area contributed by atoms with Gasteiger partial charge >= 0.3 is 0 Å². The molecule has 0 radical (unpaired) electrons. The Bertz CT molecular complexity index is 966. The number of hydrogen-bond acceptors (Lipinski definition) is 7. The van der Waals surface area contributed by atoms with Crippen molar-refractivity contribution in [2.24, 2.45) is 0 Å². The molecule has 4 rings (SSSR count). The van der Waals surface area contributed by atoms with Gasteiger partial charge in [0.2, 0.25) is 11.8 Å². The number of benzene rings is 1. The van der Waals surface area contributed by atoms with Crippen LogP contribution < -0.4 is 4.74 Å². The standard InChI is InChI=1S/C21H24N4O3S/c1-3-27-18-8-6-15(7-9-18)21-23-17(13-29-21)11-19(26)25-10-4-5-16(12-25)20-22-14(2)24-28-20/h6-9,13,16H,3-5,10-12H2,1-2H3. The van der Waals surface area contributed by atoms with Crippen LogP contribution in [0.15, 0.2) is 34.2 Å². The Balaban J connectivity index is 1.38. The zero-order valence-corrected chi connectivity index (χ0v) is 17.4. The van der Waals surface area contributed by atoms with Crippen LogP contribution in [-0.4, -0.2) is 45.6 Å². The largest absolute Gasteiger partial charge is 0.494 e. The van der Waals surface area contributed by atoms with Crippen molar-refractivity contribution in [2.75, 3.05) is 19.7 Å². The predicted molar refractivity (Wildman–Crippen MR) is 110 cm³/mol. The van der Waals surface area contributed by atoms with Gasteiger partial charge in [0, 0.05) is 24.0 Å². The number of rotatable bonds is 6. The van der Waals surface area contributed by atoms with Crippen molar-refractivity contribution < 1.29 is 14.1 Å². The molecular weight excluding hydrogens is 388 g/mol. The number of aryl methyl sites for hydroxylation is 1. The van der Waals surface area contributed by atoms with Gasteiger partial charge in [0.1, 0.15) is 10.8 Å². The summed E-state index contributed by atoms with van der Waals surface area (Å²) in [5, 5.41) is 6.75. The molecule has 0 saturated carbocycles. The highest BCUT2D eigenvalue weighted by atomic mass is 32.1. The Morgan fingerprint density at radius 3 is 2.86 bits per heavy atom. The molecule has 29 heavy (non-hydrogen) atoms. The first-order chi connectivity index (χ1) is 14.1. The number of carbonyl (C=O) groups excluding carboxylic acids is 1. The number of thiazole rings is 1. The van der Waals surface area contributed by atoms with Crippen molar-refractivity contribution in [1.29, 1.82) is 0 Å². The normalized spacial score (nSPS) is 16.8. The summed E-state index contributed by atoms with van der Waals surface area (Å²) >= 11 is 1.55. The van der Waals surface area contributed by atoms with Crippen LogP contribution in [0.5, 0.6) is 5.75 Å². The molecule has 1 saturated heterocycles. The van der Waals surface area contributed by atoms with E-state index in [0.29, 0.717) is 31.3 Å². The van der Waals surface area contributed by atoms with Gasteiger partial charge in [-0.2, -0.15) is 4.98 Å². The Morgan fingerprint density at radius 2 is 2.14 bits per heavy atom. The quantitative estimate of drug-likeness (QED) is 0.612. The third kappa shape index (κ3) is 4.64. The third-order valence-corrected chi connectivity index (χ3v) is 5.90. The highest BCUT2D eigenvalue weighted by Gasteiger charge is 2.28. The maximum absolute atomic E-state index is 12.8. The van der Waals surface area contributed by atoms with E-state index >= 15 is 0 Å². The van der Waals surface area contributed by atoms with E-state index in [-0.39, 0.29) is 11.8 Å². The third-order valence-electron chi connectivity index (χ3n) is 4.96. The van der Waals surface area contributed by atoms with E-state index in [4.69, 9.17) is 9.26 Å². The van der Waals surface area contributed by atoms with Crippen molar-refractivity contribution >= 4 is 17.2 Å². The number of nitrogens with zero attached hydrogens (tertiary/aromatic N) is 4. The smallest absolute Gasteiger partial charge is 0.231 e. The zero-order chi connectivity index (χ0) is 20.2. The van der Waals surface area contributed by atoms with Crippen LogP contribution in [0.25, 0.3) is 10.6 Å². The summed E-state index contributed by atoms with van der Waals surface area (Å²) in [6.45, 7) is 5.80. The fourth-order valence-electron chi connectivity index (χ4n) is 3.53. The summed E-state index contributed by atoms with van der Waals surface area (Å²) in [5.74, 6) is 2.32. The van der Waals surface area contributed by atoms with E-state index in [1.54, 1.807) is 11.3 Å². The molecule has 2 aromatic heterocycles. The van der Waals surface area contributed by atoms with E-state index in [1.165, 1.54) is 0 Å². The van der Waals surface area contributed by atoms with Crippen molar-refractivity contribution in [3.05, 3.63) is 47.1 Å². The fraction of sp³-hybridized carbons (Fsp3) is 0.429.